The molecule has 4 aliphatic heterocycles. The van der Waals surface area contributed by atoms with Crippen molar-refractivity contribution in [3.63, 3.8) is 0 Å². The summed E-state index contributed by atoms with van der Waals surface area (Å²) >= 11 is 0. The number of nitrogens with one attached hydrogen (secondary N) is 1. The first-order valence-electron chi connectivity index (χ1n) is 17.8. The van der Waals surface area contributed by atoms with E-state index in [-0.39, 0.29) is 26.2 Å². The van der Waals surface area contributed by atoms with E-state index in [2.05, 4.69) is 11.9 Å². The van der Waals surface area contributed by atoms with Crippen LogP contribution in [0.4, 0.5) is 0 Å². The molecule has 1 amide bonds. The predicted octanol–water partition coefficient (Wildman–Crippen LogP) is -7.99. The Morgan fingerprint density at radius 2 is 1.09 bits per heavy atom. The van der Waals surface area contributed by atoms with Crippen LogP contribution in [-0.2, 0) is 47.4 Å². The molecule has 320 valence electrons. The summed E-state index contributed by atoms with van der Waals surface area (Å²) in [4.78, 5) is 11.9. The van der Waals surface area contributed by atoms with E-state index in [4.69, 9.17) is 42.6 Å². The van der Waals surface area contributed by atoms with Gasteiger partial charge in [-0.1, -0.05) is 6.08 Å². The van der Waals surface area contributed by atoms with Crippen LogP contribution in [0.5, 0.6) is 0 Å². The van der Waals surface area contributed by atoms with Crippen LogP contribution in [0.3, 0.4) is 0 Å². The quantitative estimate of drug-likeness (QED) is 0.0452. The van der Waals surface area contributed by atoms with Crippen LogP contribution in [0.1, 0.15) is 13.3 Å². The van der Waals surface area contributed by atoms with Gasteiger partial charge >= 0.3 is 0 Å². The monoisotopic (exact) mass is 805 g/mol. The summed E-state index contributed by atoms with van der Waals surface area (Å²) in [5.41, 5.74) is 0. The lowest BCUT2D eigenvalue weighted by atomic mass is 9.96. The second-order valence-electron chi connectivity index (χ2n) is 13.5. The van der Waals surface area contributed by atoms with Gasteiger partial charge in [-0.2, -0.15) is 0 Å². The second-order valence-corrected chi connectivity index (χ2v) is 13.5. The minimum absolute atomic E-state index is 0.0213. The van der Waals surface area contributed by atoms with Crippen molar-refractivity contribution in [3.8, 4) is 0 Å². The van der Waals surface area contributed by atoms with E-state index in [1.54, 1.807) is 0 Å². The number of aliphatic hydroxyl groups is 12. The molecule has 55 heavy (non-hydrogen) atoms. The van der Waals surface area contributed by atoms with Crippen LogP contribution in [0.15, 0.2) is 12.7 Å². The molecule has 4 aliphatic rings. The molecule has 0 aromatic rings. The molecule has 4 rings (SSSR count). The summed E-state index contributed by atoms with van der Waals surface area (Å²) < 4.78 is 50.0. The molecule has 0 unspecified atom stereocenters. The largest absolute Gasteiger partial charge is 0.394 e. The number of ether oxygens (including phenoxy) is 9. The molecule has 13 N–H and O–H groups in total. The molecule has 20 atom stereocenters. The number of carbonyl (C=O) groups is 1. The zero-order chi connectivity index (χ0) is 40.6. The van der Waals surface area contributed by atoms with Crippen molar-refractivity contribution in [3.05, 3.63) is 12.7 Å². The summed E-state index contributed by atoms with van der Waals surface area (Å²) in [5, 5.41) is 127. The van der Waals surface area contributed by atoms with Crippen molar-refractivity contribution < 1.29 is 109 Å². The first-order valence-corrected chi connectivity index (χ1v) is 17.8. The lowest BCUT2D eigenvalue weighted by molar-refractivity contribution is -0.363. The van der Waals surface area contributed by atoms with Crippen LogP contribution in [0.25, 0.3) is 0 Å². The van der Waals surface area contributed by atoms with Crippen LogP contribution >= 0.6 is 0 Å². The number of hydrogen-bond donors (Lipinski definition) is 13. The van der Waals surface area contributed by atoms with Gasteiger partial charge in [0, 0.05) is 13.5 Å². The van der Waals surface area contributed by atoms with Crippen molar-refractivity contribution >= 4 is 5.91 Å². The zero-order valence-corrected chi connectivity index (χ0v) is 29.9. The van der Waals surface area contributed by atoms with Gasteiger partial charge in [-0.25, -0.2) is 0 Å². The minimum Gasteiger partial charge on any atom is -0.394 e. The van der Waals surface area contributed by atoms with E-state index in [0.29, 0.717) is 0 Å². The average molecular weight is 806 g/mol. The first kappa shape index (κ1) is 46.1. The van der Waals surface area contributed by atoms with Gasteiger partial charge in [-0.15, -0.1) is 6.58 Å². The first-order chi connectivity index (χ1) is 26.2. The Morgan fingerprint density at radius 3 is 1.69 bits per heavy atom. The number of amides is 1. The Balaban J connectivity index is 1.32. The highest BCUT2D eigenvalue weighted by atomic mass is 16.8. The Morgan fingerprint density at radius 1 is 0.582 bits per heavy atom. The number of aliphatic hydroxyl groups excluding tert-OH is 12. The topological polar surface area (TPSA) is 355 Å². The van der Waals surface area contributed by atoms with Gasteiger partial charge in [0.15, 0.2) is 25.2 Å². The van der Waals surface area contributed by atoms with E-state index in [0.717, 1.165) is 6.92 Å². The molecular formula is C32H55NO22. The third kappa shape index (κ3) is 11.1. The third-order valence-corrected chi connectivity index (χ3v) is 9.54. The van der Waals surface area contributed by atoms with Gasteiger partial charge in [-0.3, -0.25) is 4.79 Å². The van der Waals surface area contributed by atoms with Crippen molar-refractivity contribution in [2.45, 2.75) is 136 Å². The Hall–Kier alpha value is -1.63. The van der Waals surface area contributed by atoms with Crippen LogP contribution in [-0.4, -0.2) is 236 Å². The molecule has 0 bridgehead atoms. The molecule has 4 saturated heterocycles. The summed E-state index contributed by atoms with van der Waals surface area (Å²) in [7, 11) is 0. The van der Waals surface area contributed by atoms with E-state index >= 15 is 0 Å². The number of rotatable bonds is 18. The Kier molecular flexibility index (Phi) is 17.9. The Bertz CT molecular complexity index is 1170. The fraction of sp³-hybridized carbons (Fsp3) is 0.906. The van der Waals surface area contributed by atoms with Gasteiger partial charge in [0.05, 0.1) is 39.6 Å². The van der Waals surface area contributed by atoms with E-state index in [1.807, 2.05) is 0 Å². The molecule has 0 radical (unpaired) electrons. The molecule has 23 nitrogen and oxygen atoms in total. The van der Waals surface area contributed by atoms with Crippen LogP contribution in [0.2, 0.25) is 0 Å². The van der Waals surface area contributed by atoms with E-state index < -0.39 is 155 Å². The number of hydrogen-bond acceptors (Lipinski definition) is 22. The maximum absolute atomic E-state index is 11.9. The Labute approximate surface area is 315 Å². The maximum Gasteiger partial charge on any atom is 0.217 e. The predicted molar refractivity (Wildman–Crippen MR) is 175 cm³/mol. The lowest BCUT2D eigenvalue weighted by Gasteiger charge is -2.46. The molecular weight excluding hydrogens is 750 g/mol. The molecule has 23 heteroatoms. The second kappa shape index (κ2) is 21.4. The van der Waals surface area contributed by atoms with Crippen molar-refractivity contribution in [1.82, 2.24) is 5.32 Å². The van der Waals surface area contributed by atoms with E-state index in [1.165, 1.54) is 6.08 Å². The standard InChI is InChI=1S/C32H55NO22/c1-3-5-48-30-25(45)22(42)27(14(9-35)52-30)47-6-4-7-49-29-17(33-12(2)37)20(40)19(39)16(54-29)11-50-31-26(46)23(43)28(15(10-36)53-31)55-32-24(44)21(41)18(38)13(8-34)51-32/h3,13-32,34-36,38-46H,1,4-11H2,2H3,(H,33,37)/t13-,14-,15-,16-,17-,18+,19-,20-,21+,22-,23-,24-,25-,26-,27-,28-,29-,30-,31-,32+/m1/s1. The fourth-order valence-electron chi connectivity index (χ4n) is 6.52. The van der Waals surface area contributed by atoms with Gasteiger partial charge in [-0.05, 0) is 6.42 Å². The smallest absolute Gasteiger partial charge is 0.217 e. The zero-order valence-electron chi connectivity index (χ0n) is 29.9. The number of carbonyl (C=O) groups excluding carboxylic acids is 1. The molecule has 4 fully saturated rings. The minimum atomic E-state index is -1.90. The highest BCUT2D eigenvalue weighted by Gasteiger charge is 2.52. The average Bonchev–Trinajstić information content (AvgIpc) is 3.17. The molecule has 0 aliphatic carbocycles. The van der Waals surface area contributed by atoms with Gasteiger partial charge in [0.2, 0.25) is 5.91 Å². The molecule has 0 aromatic carbocycles. The molecule has 0 saturated carbocycles. The van der Waals surface area contributed by atoms with Gasteiger partial charge in [0.1, 0.15) is 97.6 Å². The molecule has 4 heterocycles. The normalized spacial score (nSPS) is 45.3. The van der Waals surface area contributed by atoms with Gasteiger partial charge < -0.3 is 109 Å². The SMILES string of the molecule is C=CCO[C@@H]1O[C@H](CO)[C@@H](OCCCO[C@@H]2O[C@H](CO[C@@H]3O[C@H](CO)[C@@H](O[C@@H]4O[C@H](CO)[C@H](O)[C@H](O)[C@H]4O)[C@H](O)[C@H]3O)[C@@H](O)[C@H](O)[C@H]2NC(C)=O)[C@H](O)[C@H]1O. The van der Waals surface area contributed by atoms with Crippen molar-refractivity contribution in [1.29, 1.82) is 0 Å². The summed E-state index contributed by atoms with van der Waals surface area (Å²) in [6.45, 7) is 1.69. The van der Waals surface area contributed by atoms with E-state index in [9.17, 15) is 66.1 Å². The van der Waals surface area contributed by atoms with Gasteiger partial charge in [0.25, 0.3) is 0 Å². The summed E-state index contributed by atoms with van der Waals surface area (Å²) in [6, 6.07) is -1.28. The van der Waals surface area contributed by atoms with Crippen molar-refractivity contribution in [2.24, 2.45) is 0 Å². The van der Waals surface area contributed by atoms with Crippen molar-refractivity contribution in [2.75, 3.05) is 46.2 Å². The summed E-state index contributed by atoms with van der Waals surface area (Å²) in [5.74, 6) is -0.593. The summed E-state index contributed by atoms with van der Waals surface area (Å²) in [6.07, 6.45) is -28.0. The van der Waals surface area contributed by atoms with Crippen LogP contribution < -0.4 is 5.32 Å². The van der Waals surface area contributed by atoms with Crippen LogP contribution in [0, 0.1) is 0 Å². The molecule has 0 aromatic heterocycles. The maximum atomic E-state index is 11.9. The third-order valence-electron chi connectivity index (χ3n) is 9.54. The highest BCUT2D eigenvalue weighted by Crippen LogP contribution is 2.31. The molecule has 0 spiro atoms. The highest BCUT2D eigenvalue weighted by molar-refractivity contribution is 5.73. The lowest BCUT2D eigenvalue weighted by Crippen LogP contribution is -2.66. The fourth-order valence-corrected chi connectivity index (χ4v) is 6.52.